The van der Waals surface area contributed by atoms with E-state index in [0.717, 1.165) is 0 Å². The molecule has 0 aliphatic carbocycles. The van der Waals surface area contributed by atoms with Gasteiger partial charge in [-0.2, -0.15) is 22.2 Å². The van der Waals surface area contributed by atoms with Crippen molar-refractivity contribution < 1.29 is 0 Å². The maximum atomic E-state index is 5.71. The second-order valence-electron chi connectivity index (χ2n) is 2.10. The first kappa shape index (κ1) is 8.80. The van der Waals surface area contributed by atoms with Gasteiger partial charge in [0.05, 0.1) is 0 Å². The summed E-state index contributed by atoms with van der Waals surface area (Å²) in [5, 5.41) is 0. The second-order valence-corrected chi connectivity index (χ2v) is 7.40. The van der Waals surface area contributed by atoms with E-state index < -0.39 is 7.42 Å². The Morgan fingerprint density at radius 1 is 1.50 bits per heavy atom. The Morgan fingerprint density at radius 2 is 2.00 bits per heavy atom. The fourth-order valence-corrected chi connectivity index (χ4v) is 1.92. The van der Waals surface area contributed by atoms with Crippen LogP contribution < -0.4 is 0 Å². The van der Waals surface area contributed by atoms with Gasteiger partial charge < -0.3 is 0 Å². The Labute approximate surface area is 62.2 Å². The monoisotopic (exact) mass is 170 g/mol. The fraction of sp³-hybridized carbons (Fsp3) is 1.00. The number of hydrogen-bond acceptors (Lipinski definition) is 0. The molecule has 0 nitrogen and oxygen atoms in total. The van der Waals surface area contributed by atoms with Gasteiger partial charge in [0.2, 0.25) is 7.42 Å². The molecular weight excluding hydrogens is 159 g/mol. The molecule has 0 heterocycles. The number of hydrogen-bond donors (Lipinski definition) is 0. The minimum Gasteiger partial charge on any atom is -0.150 e. The molecule has 3 heteroatoms. The molecule has 0 amide bonds. The molecule has 0 aliphatic rings. The standard InChI is InChI=1S/C5H12Cl2Si/c1-3-4-5(2)8(6)7/h5,8H,3-4H2,1-2H3. The Morgan fingerprint density at radius 3 is 2.12 bits per heavy atom. The van der Waals surface area contributed by atoms with Gasteiger partial charge >= 0.3 is 0 Å². The smallest absolute Gasteiger partial charge is 0.150 e. The van der Waals surface area contributed by atoms with Gasteiger partial charge in [0, 0.05) is 0 Å². The van der Waals surface area contributed by atoms with E-state index in [9.17, 15) is 0 Å². The van der Waals surface area contributed by atoms with E-state index in [1.807, 2.05) is 0 Å². The highest BCUT2D eigenvalue weighted by molar-refractivity contribution is 7.34. The van der Waals surface area contributed by atoms with E-state index >= 15 is 0 Å². The zero-order valence-electron chi connectivity index (χ0n) is 5.32. The van der Waals surface area contributed by atoms with E-state index in [-0.39, 0.29) is 0 Å². The van der Waals surface area contributed by atoms with Crippen LogP contribution in [-0.4, -0.2) is 7.42 Å². The third-order valence-electron chi connectivity index (χ3n) is 1.17. The lowest BCUT2D eigenvalue weighted by Crippen LogP contribution is -2.01. The van der Waals surface area contributed by atoms with Gasteiger partial charge in [-0.25, -0.2) is 0 Å². The van der Waals surface area contributed by atoms with Gasteiger partial charge in [-0.15, -0.1) is 0 Å². The normalized spacial score (nSPS) is 14.6. The maximum absolute atomic E-state index is 5.71. The summed E-state index contributed by atoms with van der Waals surface area (Å²) in [7, 11) is -1.34. The topological polar surface area (TPSA) is 0 Å². The van der Waals surface area contributed by atoms with Crippen LogP contribution in [0.2, 0.25) is 5.54 Å². The molecule has 0 aliphatic heterocycles. The third-order valence-corrected chi connectivity index (χ3v) is 4.95. The average molecular weight is 171 g/mol. The van der Waals surface area contributed by atoms with Gasteiger partial charge in [0.25, 0.3) is 0 Å². The van der Waals surface area contributed by atoms with Gasteiger partial charge in [0.15, 0.2) is 0 Å². The molecule has 8 heavy (non-hydrogen) atoms. The molecule has 0 aromatic carbocycles. The summed E-state index contributed by atoms with van der Waals surface area (Å²) >= 11 is 11.4. The van der Waals surface area contributed by atoms with Crippen molar-refractivity contribution >= 4 is 29.6 Å². The number of halogens is 2. The second kappa shape index (κ2) is 4.65. The van der Waals surface area contributed by atoms with Crippen molar-refractivity contribution in [1.29, 1.82) is 0 Å². The highest BCUT2D eigenvalue weighted by Gasteiger charge is 2.11. The lowest BCUT2D eigenvalue weighted by Gasteiger charge is -2.06. The quantitative estimate of drug-likeness (QED) is 0.452. The van der Waals surface area contributed by atoms with Crippen LogP contribution in [0.4, 0.5) is 0 Å². The zero-order valence-corrected chi connectivity index (χ0v) is 7.99. The summed E-state index contributed by atoms with van der Waals surface area (Å²) in [5.74, 6) is 0. The molecule has 0 rings (SSSR count). The predicted octanol–water partition coefficient (Wildman–Crippen LogP) is 2.87. The highest BCUT2D eigenvalue weighted by atomic mass is 35.7. The van der Waals surface area contributed by atoms with Crippen LogP contribution in [-0.2, 0) is 0 Å². The molecule has 1 unspecified atom stereocenters. The van der Waals surface area contributed by atoms with Crippen molar-refractivity contribution in [2.45, 2.75) is 32.2 Å². The van der Waals surface area contributed by atoms with Crippen LogP contribution in [0.15, 0.2) is 0 Å². The van der Waals surface area contributed by atoms with Crippen LogP contribution in [0.1, 0.15) is 26.7 Å². The van der Waals surface area contributed by atoms with Crippen LogP contribution in [0, 0.1) is 0 Å². The third kappa shape index (κ3) is 3.76. The van der Waals surface area contributed by atoms with E-state index in [1.54, 1.807) is 0 Å². The molecule has 0 radical (unpaired) electrons. The minimum absolute atomic E-state index is 0.586. The van der Waals surface area contributed by atoms with E-state index in [2.05, 4.69) is 13.8 Å². The molecule has 0 aromatic heterocycles. The molecule has 0 saturated carbocycles. The van der Waals surface area contributed by atoms with Crippen molar-refractivity contribution in [3.8, 4) is 0 Å². The molecule has 0 fully saturated rings. The van der Waals surface area contributed by atoms with Crippen molar-refractivity contribution in [2.24, 2.45) is 0 Å². The summed E-state index contributed by atoms with van der Waals surface area (Å²) in [5.41, 5.74) is 0.586. The maximum Gasteiger partial charge on any atom is 0.239 e. The molecule has 0 spiro atoms. The van der Waals surface area contributed by atoms with E-state index in [1.165, 1.54) is 12.8 Å². The summed E-state index contributed by atoms with van der Waals surface area (Å²) in [6, 6.07) is 0. The Hall–Kier alpha value is 0.797. The van der Waals surface area contributed by atoms with Gasteiger partial charge in [-0.1, -0.05) is 26.7 Å². The van der Waals surface area contributed by atoms with Gasteiger partial charge in [0.1, 0.15) is 0 Å². The van der Waals surface area contributed by atoms with E-state index in [4.69, 9.17) is 22.2 Å². The van der Waals surface area contributed by atoms with Crippen LogP contribution in [0.25, 0.3) is 0 Å². The fourth-order valence-electron chi connectivity index (χ4n) is 0.581. The average Bonchev–Trinajstić information content (AvgIpc) is 1.67. The first-order valence-corrected chi connectivity index (χ1v) is 7.12. The first-order chi connectivity index (χ1) is 3.68. The SMILES string of the molecule is CCCC(C)[SiH](Cl)Cl. The molecular formula is C5H12Cl2Si. The first-order valence-electron chi connectivity index (χ1n) is 2.96. The number of rotatable bonds is 3. The molecule has 0 aromatic rings. The Balaban J connectivity index is 3.17. The van der Waals surface area contributed by atoms with Crippen molar-refractivity contribution in [3.63, 3.8) is 0 Å². The van der Waals surface area contributed by atoms with Crippen molar-refractivity contribution in [2.75, 3.05) is 0 Å². The summed E-state index contributed by atoms with van der Waals surface area (Å²) < 4.78 is 0. The van der Waals surface area contributed by atoms with Crippen LogP contribution in [0.3, 0.4) is 0 Å². The molecule has 0 N–H and O–H groups in total. The predicted molar refractivity (Wildman–Crippen MR) is 43.2 cm³/mol. The largest absolute Gasteiger partial charge is 0.239 e. The lowest BCUT2D eigenvalue weighted by atomic mass is 10.3. The van der Waals surface area contributed by atoms with Crippen molar-refractivity contribution in [3.05, 3.63) is 0 Å². The molecule has 1 atom stereocenters. The van der Waals surface area contributed by atoms with Crippen LogP contribution >= 0.6 is 22.2 Å². The summed E-state index contributed by atoms with van der Waals surface area (Å²) in [6.45, 7) is 4.28. The molecule has 0 bridgehead atoms. The summed E-state index contributed by atoms with van der Waals surface area (Å²) in [4.78, 5) is 0. The molecule has 0 saturated heterocycles. The van der Waals surface area contributed by atoms with Crippen molar-refractivity contribution in [1.82, 2.24) is 0 Å². The highest BCUT2D eigenvalue weighted by Crippen LogP contribution is 2.20. The molecule has 50 valence electrons. The Bertz CT molecular complexity index is 56.4. The Kier molecular flexibility index (Phi) is 5.12. The zero-order chi connectivity index (χ0) is 6.57. The van der Waals surface area contributed by atoms with Crippen LogP contribution in [0.5, 0.6) is 0 Å². The van der Waals surface area contributed by atoms with E-state index in [0.29, 0.717) is 5.54 Å². The summed E-state index contributed by atoms with van der Waals surface area (Å²) in [6.07, 6.45) is 2.38. The minimum atomic E-state index is -1.34. The van der Waals surface area contributed by atoms with Gasteiger partial charge in [-0.3, -0.25) is 0 Å². The van der Waals surface area contributed by atoms with Gasteiger partial charge in [-0.05, 0) is 5.54 Å². The lowest BCUT2D eigenvalue weighted by molar-refractivity contribution is 0.765.